The standard InChI is InChI=1S/C54H33N3S/c55-34-35-25-27-38(28-26-35)41-18-11-22-46-51(41)42-17-7-8-20-44(42)54(46)45-21-9-10-24-50(45)58-52-43(19-12-23-47(52)54)49-33-48(56-53(57-49)40-15-5-2-6-16-40)39-31-29-37(30-32-39)36-13-3-1-4-14-36/h1-33H. The lowest BCUT2D eigenvalue weighted by Crippen LogP contribution is -2.32. The third-order valence-corrected chi connectivity index (χ3v) is 12.9. The van der Waals surface area contributed by atoms with Gasteiger partial charge in [0.05, 0.1) is 28.4 Å². The van der Waals surface area contributed by atoms with E-state index in [1.807, 2.05) is 48.2 Å². The minimum Gasteiger partial charge on any atom is -0.228 e. The van der Waals surface area contributed by atoms with Crippen molar-refractivity contribution in [3.63, 3.8) is 0 Å². The van der Waals surface area contributed by atoms with Crippen LogP contribution in [-0.2, 0) is 5.41 Å². The minimum absolute atomic E-state index is 0.576. The zero-order chi connectivity index (χ0) is 38.6. The summed E-state index contributed by atoms with van der Waals surface area (Å²) in [6.45, 7) is 0. The highest BCUT2D eigenvalue weighted by Gasteiger charge is 2.51. The first-order valence-corrected chi connectivity index (χ1v) is 20.3. The fourth-order valence-electron chi connectivity index (χ4n) is 9.05. The molecule has 270 valence electrons. The van der Waals surface area contributed by atoms with Crippen molar-refractivity contribution in [1.82, 2.24) is 9.97 Å². The summed E-state index contributed by atoms with van der Waals surface area (Å²) in [5, 5.41) is 9.58. The number of aromatic nitrogens is 2. The molecular formula is C54H33N3S. The Bertz CT molecular complexity index is 3080. The number of nitrogens with zero attached hydrogens (tertiary/aromatic N) is 3. The third-order valence-electron chi connectivity index (χ3n) is 11.6. The Hall–Kier alpha value is -7.32. The average Bonchev–Trinajstić information content (AvgIpc) is 3.60. The van der Waals surface area contributed by atoms with Crippen LogP contribution in [0.2, 0.25) is 0 Å². The van der Waals surface area contributed by atoms with Gasteiger partial charge in [-0.15, -0.1) is 0 Å². The first kappa shape index (κ1) is 34.0. The van der Waals surface area contributed by atoms with Crippen molar-refractivity contribution in [1.29, 1.82) is 5.26 Å². The van der Waals surface area contributed by atoms with Gasteiger partial charge in [-0.3, -0.25) is 0 Å². The van der Waals surface area contributed by atoms with E-state index in [2.05, 4.69) is 170 Å². The molecule has 1 atom stereocenters. The Labute approximate surface area is 342 Å². The zero-order valence-electron chi connectivity index (χ0n) is 31.3. The molecule has 1 spiro atoms. The molecule has 1 aromatic heterocycles. The molecule has 9 aromatic rings. The summed E-state index contributed by atoms with van der Waals surface area (Å²) in [5.41, 5.74) is 17.0. The van der Waals surface area contributed by atoms with Gasteiger partial charge in [0, 0.05) is 26.5 Å². The SMILES string of the molecule is N#Cc1ccc(-c2cccc3c2-c2ccccc2C32c3ccccc3Sc3c(-c4cc(-c5ccc(-c6ccccc6)cc5)nc(-c5ccccc5)n4)cccc32)cc1. The van der Waals surface area contributed by atoms with Crippen molar-refractivity contribution in [3.8, 4) is 73.4 Å². The molecule has 1 unspecified atom stereocenters. The smallest absolute Gasteiger partial charge is 0.160 e. The molecular weight excluding hydrogens is 723 g/mol. The van der Waals surface area contributed by atoms with E-state index in [0.717, 1.165) is 39.2 Å². The fourth-order valence-corrected chi connectivity index (χ4v) is 10.4. The summed E-state index contributed by atoms with van der Waals surface area (Å²) >= 11 is 1.83. The summed E-state index contributed by atoms with van der Waals surface area (Å²) < 4.78 is 0. The van der Waals surface area contributed by atoms with Crippen molar-refractivity contribution >= 4 is 11.8 Å². The first-order valence-electron chi connectivity index (χ1n) is 19.5. The van der Waals surface area contributed by atoms with Crippen LogP contribution in [-0.4, -0.2) is 9.97 Å². The van der Waals surface area contributed by atoms with Gasteiger partial charge in [-0.1, -0.05) is 188 Å². The summed E-state index contributed by atoms with van der Waals surface area (Å²) in [6, 6.07) is 73.2. The maximum Gasteiger partial charge on any atom is 0.160 e. The number of hydrogen-bond acceptors (Lipinski definition) is 4. The van der Waals surface area contributed by atoms with E-state index < -0.39 is 5.41 Å². The third kappa shape index (κ3) is 5.29. The van der Waals surface area contributed by atoms with Gasteiger partial charge < -0.3 is 0 Å². The molecule has 0 bridgehead atoms. The number of rotatable bonds is 5. The monoisotopic (exact) mass is 755 g/mol. The molecule has 2 heterocycles. The van der Waals surface area contributed by atoms with Gasteiger partial charge in [0.25, 0.3) is 0 Å². The van der Waals surface area contributed by atoms with E-state index in [9.17, 15) is 5.26 Å². The van der Waals surface area contributed by atoms with E-state index in [0.29, 0.717) is 11.4 Å². The Morgan fingerprint density at radius 3 is 1.72 bits per heavy atom. The van der Waals surface area contributed by atoms with Gasteiger partial charge >= 0.3 is 0 Å². The van der Waals surface area contributed by atoms with Crippen LogP contribution in [0, 0.1) is 11.3 Å². The molecule has 1 aliphatic carbocycles. The predicted octanol–water partition coefficient (Wildman–Crippen LogP) is 13.5. The van der Waals surface area contributed by atoms with Crippen molar-refractivity contribution < 1.29 is 0 Å². The van der Waals surface area contributed by atoms with Crippen LogP contribution in [0.15, 0.2) is 210 Å². The molecule has 0 saturated carbocycles. The molecule has 0 radical (unpaired) electrons. The minimum atomic E-state index is -0.576. The van der Waals surface area contributed by atoms with E-state index in [-0.39, 0.29) is 0 Å². The molecule has 4 heteroatoms. The second kappa shape index (κ2) is 13.7. The molecule has 1 aliphatic heterocycles. The van der Waals surface area contributed by atoms with Gasteiger partial charge in [0.2, 0.25) is 0 Å². The summed E-state index contributed by atoms with van der Waals surface area (Å²) in [4.78, 5) is 13.0. The Morgan fingerprint density at radius 1 is 0.414 bits per heavy atom. The average molecular weight is 756 g/mol. The molecule has 0 N–H and O–H groups in total. The van der Waals surface area contributed by atoms with Crippen molar-refractivity contribution in [2.75, 3.05) is 0 Å². The van der Waals surface area contributed by atoms with Gasteiger partial charge in [-0.05, 0) is 79.9 Å². The van der Waals surface area contributed by atoms with Crippen LogP contribution in [0.5, 0.6) is 0 Å². The van der Waals surface area contributed by atoms with Crippen molar-refractivity contribution in [3.05, 3.63) is 228 Å². The molecule has 11 rings (SSSR count). The first-order chi connectivity index (χ1) is 28.7. The maximum absolute atomic E-state index is 9.58. The van der Waals surface area contributed by atoms with Crippen molar-refractivity contribution in [2.45, 2.75) is 15.2 Å². The second-order valence-corrected chi connectivity index (χ2v) is 15.8. The van der Waals surface area contributed by atoms with Gasteiger partial charge in [0.15, 0.2) is 5.82 Å². The molecule has 3 nitrogen and oxygen atoms in total. The highest BCUT2D eigenvalue weighted by molar-refractivity contribution is 7.99. The van der Waals surface area contributed by atoms with Crippen LogP contribution in [0.25, 0.3) is 67.3 Å². The van der Waals surface area contributed by atoms with Gasteiger partial charge in [-0.2, -0.15) is 5.26 Å². The van der Waals surface area contributed by atoms with Crippen LogP contribution in [0.4, 0.5) is 0 Å². The second-order valence-electron chi connectivity index (χ2n) is 14.8. The molecule has 0 amide bonds. The number of hydrogen-bond donors (Lipinski definition) is 0. The van der Waals surface area contributed by atoms with Crippen LogP contribution in [0.1, 0.15) is 27.8 Å². The lowest BCUT2D eigenvalue weighted by molar-refractivity contribution is 0.723. The maximum atomic E-state index is 9.58. The summed E-state index contributed by atoms with van der Waals surface area (Å²) in [6.07, 6.45) is 0. The Balaban J connectivity index is 1.15. The van der Waals surface area contributed by atoms with E-state index in [1.165, 1.54) is 54.3 Å². The predicted molar refractivity (Wildman–Crippen MR) is 235 cm³/mol. The highest BCUT2D eigenvalue weighted by Crippen LogP contribution is 2.64. The van der Waals surface area contributed by atoms with Gasteiger partial charge in [-0.25, -0.2) is 9.97 Å². The number of nitriles is 1. The van der Waals surface area contributed by atoms with E-state index in [4.69, 9.17) is 9.97 Å². The molecule has 0 fully saturated rings. The zero-order valence-corrected chi connectivity index (χ0v) is 32.1. The topological polar surface area (TPSA) is 49.6 Å². The normalized spacial score (nSPS) is 14.5. The van der Waals surface area contributed by atoms with E-state index >= 15 is 0 Å². The van der Waals surface area contributed by atoms with Gasteiger partial charge in [0.1, 0.15) is 0 Å². The Morgan fingerprint density at radius 2 is 0.966 bits per heavy atom. The lowest BCUT2D eigenvalue weighted by atomic mass is 9.67. The molecule has 8 aromatic carbocycles. The van der Waals surface area contributed by atoms with Crippen LogP contribution in [0.3, 0.4) is 0 Å². The van der Waals surface area contributed by atoms with Crippen molar-refractivity contribution in [2.24, 2.45) is 0 Å². The molecule has 58 heavy (non-hydrogen) atoms. The molecule has 2 aliphatic rings. The van der Waals surface area contributed by atoms with Crippen LogP contribution < -0.4 is 0 Å². The Kier molecular flexibility index (Phi) is 8.03. The number of benzene rings is 8. The van der Waals surface area contributed by atoms with E-state index in [1.54, 1.807) is 0 Å². The summed E-state index contributed by atoms with van der Waals surface area (Å²) in [7, 11) is 0. The van der Waals surface area contributed by atoms with Crippen LogP contribution >= 0.6 is 11.8 Å². The molecule has 0 saturated heterocycles. The fraction of sp³-hybridized carbons (Fsp3) is 0.0185. The quantitative estimate of drug-likeness (QED) is 0.175. The lowest BCUT2D eigenvalue weighted by Gasteiger charge is -2.40. The largest absolute Gasteiger partial charge is 0.228 e. The summed E-state index contributed by atoms with van der Waals surface area (Å²) in [5.74, 6) is 0.692. The highest BCUT2D eigenvalue weighted by atomic mass is 32.2. The number of fused-ring (bicyclic) bond motifs is 9.